The van der Waals surface area contributed by atoms with E-state index in [0.717, 1.165) is 13.2 Å². The van der Waals surface area contributed by atoms with Gasteiger partial charge in [0.2, 0.25) is 0 Å². The highest BCUT2D eigenvalue weighted by Crippen LogP contribution is 2.22. The molecule has 1 fully saturated rings. The lowest BCUT2D eigenvalue weighted by molar-refractivity contribution is -0.0870. The fourth-order valence-electron chi connectivity index (χ4n) is 1.88. The number of ether oxygens (including phenoxy) is 1. The molecule has 0 radical (unpaired) electrons. The van der Waals surface area contributed by atoms with E-state index in [9.17, 15) is 0 Å². The van der Waals surface area contributed by atoms with Crippen LogP contribution in [-0.2, 0) is 4.74 Å². The Balaban J connectivity index is 2.64. The van der Waals surface area contributed by atoms with Crippen molar-refractivity contribution in [1.29, 1.82) is 0 Å². The van der Waals surface area contributed by atoms with Gasteiger partial charge in [0.05, 0.1) is 12.7 Å². The highest BCUT2D eigenvalue weighted by atomic mass is 16.5. The van der Waals surface area contributed by atoms with Gasteiger partial charge in [-0.05, 0) is 34.6 Å². The van der Waals surface area contributed by atoms with Crippen molar-refractivity contribution in [3.8, 4) is 0 Å². The van der Waals surface area contributed by atoms with E-state index >= 15 is 0 Å². The molecule has 0 amide bonds. The van der Waals surface area contributed by atoms with E-state index in [2.05, 4.69) is 39.5 Å². The number of nitrogens with zero attached hydrogens (tertiary/aromatic N) is 1. The fourth-order valence-corrected chi connectivity index (χ4v) is 1.88. The van der Waals surface area contributed by atoms with Gasteiger partial charge < -0.3 is 4.74 Å². The second-order valence-corrected chi connectivity index (χ2v) is 4.68. The molecular weight excluding hydrogens is 150 g/mol. The topological polar surface area (TPSA) is 12.5 Å². The van der Waals surface area contributed by atoms with Gasteiger partial charge in [0.25, 0.3) is 0 Å². The van der Waals surface area contributed by atoms with Crippen molar-refractivity contribution in [3.05, 3.63) is 0 Å². The monoisotopic (exact) mass is 171 g/mol. The largest absolute Gasteiger partial charge is 0.376 e. The van der Waals surface area contributed by atoms with Crippen molar-refractivity contribution in [3.63, 3.8) is 0 Å². The predicted octanol–water partition coefficient (Wildman–Crippen LogP) is 1.89. The Morgan fingerprint density at radius 1 is 1.25 bits per heavy atom. The molecule has 2 heteroatoms. The first-order valence-corrected chi connectivity index (χ1v) is 4.81. The standard InChI is InChI=1S/C10H21NO/c1-8-9(2)12-7-6-11(8)10(3,4)5/h8-9H,6-7H2,1-5H3/t8-,9+/m0/s1. The van der Waals surface area contributed by atoms with Crippen molar-refractivity contribution in [2.24, 2.45) is 0 Å². The molecule has 0 aromatic carbocycles. The van der Waals surface area contributed by atoms with E-state index in [0.29, 0.717) is 12.1 Å². The first kappa shape index (κ1) is 10.0. The van der Waals surface area contributed by atoms with Crippen LogP contribution in [0, 0.1) is 0 Å². The van der Waals surface area contributed by atoms with E-state index in [1.807, 2.05) is 0 Å². The van der Waals surface area contributed by atoms with Crippen LogP contribution in [0.4, 0.5) is 0 Å². The summed E-state index contributed by atoms with van der Waals surface area (Å²) in [6, 6.07) is 0.541. The van der Waals surface area contributed by atoms with Crippen LogP contribution in [0.3, 0.4) is 0 Å². The van der Waals surface area contributed by atoms with Crippen molar-refractivity contribution < 1.29 is 4.74 Å². The molecule has 1 rings (SSSR count). The molecule has 2 nitrogen and oxygen atoms in total. The van der Waals surface area contributed by atoms with Crippen molar-refractivity contribution in [2.45, 2.75) is 52.3 Å². The van der Waals surface area contributed by atoms with Gasteiger partial charge in [-0.25, -0.2) is 0 Å². The van der Waals surface area contributed by atoms with Gasteiger partial charge in [-0.15, -0.1) is 0 Å². The maximum atomic E-state index is 5.57. The van der Waals surface area contributed by atoms with E-state index in [4.69, 9.17) is 4.74 Å². The molecular formula is C10H21NO. The van der Waals surface area contributed by atoms with Crippen LogP contribution in [0.25, 0.3) is 0 Å². The van der Waals surface area contributed by atoms with Crippen LogP contribution in [0.1, 0.15) is 34.6 Å². The van der Waals surface area contributed by atoms with Crippen LogP contribution in [0.15, 0.2) is 0 Å². The minimum absolute atomic E-state index is 0.275. The molecule has 0 N–H and O–H groups in total. The van der Waals surface area contributed by atoms with Crippen LogP contribution >= 0.6 is 0 Å². The molecule has 12 heavy (non-hydrogen) atoms. The van der Waals surface area contributed by atoms with Gasteiger partial charge in [-0.1, -0.05) is 0 Å². The molecule has 0 unspecified atom stereocenters. The average molecular weight is 171 g/mol. The Labute approximate surface area is 75.9 Å². The van der Waals surface area contributed by atoms with Crippen LogP contribution in [0.5, 0.6) is 0 Å². The molecule has 1 saturated heterocycles. The Morgan fingerprint density at radius 2 is 1.83 bits per heavy atom. The molecule has 0 bridgehead atoms. The minimum Gasteiger partial charge on any atom is -0.376 e. The molecule has 0 aromatic heterocycles. The quantitative estimate of drug-likeness (QED) is 0.552. The molecule has 0 spiro atoms. The summed E-state index contributed by atoms with van der Waals surface area (Å²) in [4.78, 5) is 2.52. The van der Waals surface area contributed by atoms with E-state index in [-0.39, 0.29) is 5.54 Å². The SMILES string of the molecule is C[C@H]1OCCN(C(C)(C)C)[C@H]1C. The van der Waals surface area contributed by atoms with Gasteiger partial charge in [0.1, 0.15) is 0 Å². The summed E-state index contributed by atoms with van der Waals surface area (Å²) in [5.74, 6) is 0. The normalized spacial score (nSPS) is 33.8. The molecule has 1 aliphatic heterocycles. The third-order valence-corrected chi connectivity index (χ3v) is 2.75. The minimum atomic E-state index is 0.275. The van der Waals surface area contributed by atoms with Gasteiger partial charge in [-0.2, -0.15) is 0 Å². The van der Waals surface area contributed by atoms with Gasteiger partial charge >= 0.3 is 0 Å². The van der Waals surface area contributed by atoms with E-state index in [1.165, 1.54) is 0 Å². The predicted molar refractivity (Wildman–Crippen MR) is 51.3 cm³/mol. The number of hydrogen-bond donors (Lipinski definition) is 0. The second-order valence-electron chi connectivity index (χ2n) is 4.68. The third-order valence-electron chi connectivity index (χ3n) is 2.75. The molecule has 0 aromatic rings. The summed E-state index contributed by atoms with van der Waals surface area (Å²) in [7, 11) is 0. The molecule has 72 valence electrons. The first-order valence-electron chi connectivity index (χ1n) is 4.81. The zero-order valence-electron chi connectivity index (χ0n) is 8.92. The lowest BCUT2D eigenvalue weighted by atomic mass is 10.00. The lowest BCUT2D eigenvalue weighted by Crippen LogP contribution is -2.56. The van der Waals surface area contributed by atoms with Gasteiger partial charge in [0.15, 0.2) is 0 Å². The highest BCUT2D eigenvalue weighted by Gasteiger charge is 2.32. The number of hydrogen-bond acceptors (Lipinski definition) is 2. The van der Waals surface area contributed by atoms with Gasteiger partial charge in [0, 0.05) is 18.1 Å². The molecule has 2 atom stereocenters. The lowest BCUT2D eigenvalue weighted by Gasteiger charge is -2.45. The van der Waals surface area contributed by atoms with Crippen molar-refractivity contribution in [1.82, 2.24) is 4.90 Å². The van der Waals surface area contributed by atoms with E-state index < -0.39 is 0 Å². The highest BCUT2D eigenvalue weighted by molar-refractivity contribution is 4.86. The summed E-state index contributed by atoms with van der Waals surface area (Å²) in [5, 5.41) is 0. The summed E-state index contributed by atoms with van der Waals surface area (Å²) in [6.07, 6.45) is 0.373. The number of morpholine rings is 1. The van der Waals surface area contributed by atoms with E-state index in [1.54, 1.807) is 0 Å². The zero-order chi connectivity index (χ0) is 9.35. The third kappa shape index (κ3) is 1.99. The van der Waals surface area contributed by atoms with Crippen LogP contribution in [-0.4, -0.2) is 35.7 Å². The summed E-state index contributed by atoms with van der Waals surface area (Å²) >= 11 is 0. The van der Waals surface area contributed by atoms with Crippen molar-refractivity contribution >= 4 is 0 Å². The average Bonchev–Trinajstić information content (AvgIpc) is 1.92. The Bertz CT molecular complexity index is 150. The van der Waals surface area contributed by atoms with Gasteiger partial charge in [-0.3, -0.25) is 4.90 Å². The van der Waals surface area contributed by atoms with Crippen molar-refractivity contribution in [2.75, 3.05) is 13.2 Å². The summed E-state index contributed by atoms with van der Waals surface area (Å²) in [5.41, 5.74) is 0.275. The first-order chi connectivity index (χ1) is 5.43. The maximum Gasteiger partial charge on any atom is 0.0700 e. The summed E-state index contributed by atoms with van der Waals surface area (Å²) < 4.78 is 5.57. The van der Waals surface area contributed by atoms with Crippen LogP contribution < -0.4 is 0 Å². The number of rotatable bonds is 0. The molecule has 1 heterocycles. The molecule has 1 aliphatic rings. The molecule has 0 saturated carbocycles. The maximum absolute atomic E-state index is 5.57. The fraction of sp³-hybridized carbons (Fsp3) is 1.00. The Morgan fingerprint density at radius 3 is 2.25 bits per heavy atom. The molecule has 0 aliphatic carbocycles. The smallest absolute Gasteiger partial charge is 0.0700 e. The zero-order valence-corrected chi connectivity index (χ0v) is 8.92. The Hall–Kier alpha value is -0.0800. The Kier molecular flexibility index (Phi) is 2.79. The second kappa shape index (κ2) is 3.35. The van der Waals surface area contributed by atoms with Crippen LogP contribution in [0.2, 0.25) is 0 Å². The summed E-state index contributed by atoms with van der Waals surface area (Å²) in [6.45, 7) is 13.1.